The van der Waals surface area contributed by atoms with Crippen LogP contribution in [0.2, 0.25) is 5.02 Å². The van der Waals surface area contributed by atoms with E-state index in [1.165, 1.54) is 9.80 Å². The number of halogens is 7. The molecule has 5 rings (SSSR count). The Kier molecular flexibility index (Phi) is 6.10. The van der Waals surface area contributed by atoms with E-state index < -0.39 is 29.2 Å². The molecule has 13 heteroatoms. The van der Waals surface area contributed by atoms with Crippen molar-refractivity contribution in [2.24, 2.45) is 5.41 Å². The number of nitrogens with zero attached hydrogens (tertiary/aromatic N) is 5. The zero-order chi connectivity index (χ0) is 27.0. The maximum absolute atomic E-state index is 13.9. The number of likely N-dealkylation sites (tertiary alicyclic amines) is 1. The molecule has 2 fully saturated rings. The third-order valence-corrected chi connectivity index (χ3v) is 8.30. The summed E-state index contributed by atoms with van der Waals surface area (Å²) in [5.41, 5.74) is -3.21. The van der Waals surface area contributed by atoms with Crippen molar-refractivity contribution in [3.8, 4) is 5.69 Å². The van der Waals surface area contributed by atoms with Gasteiger partial charge in [0.1, 0.15) is 16.8 Å². The maximum atomic E-state index is 13.9. The Labute approximate surface area is 214 Å². The van der Waals surface area contributed by atoms with Gasteiger partial charge in [-0.3, -0.25) is 14.3 Å². The summed E-state index contributed by atoms with van der Waals surface area (Å²) in [6, 6.07) is 4.99. The molecule has 3 aliphatic rings. The minimum atomic E-state index is -4.56. The first kappa shape index (κ1) is 26.3. The molecule has 1 amide bonds. The molecule has 2 aliphatic heterocycles. The van der Waals surface area contributed by atoms with Crippen LogP contribution >= 0.6 is 11.6 Å². The highest BCUT2D eigenvalue weighted by Gasteiger charge is 2.69. The van der Waals surface area contributed by atoms with E-state index in [0.29, 0.717) is 40.8 Å². The van der Waals surface area contributed by atoms with E-state index in [0.717, 1.165) is 13.8 Å². The Hall–Kier alpha value is -2.34. The lowest BCUT2D eigenvalue weighted by Crippen LogP contribution is -2.53. The SMILES string of the molecule is CC(C)(N1Cc2cc(Cl)ccc2-n2c(nnc2C2CCN(C(=O)C3(C(F)(F)F)CC3)CC2)C1)C(F)(F)F. The number of carbonyl (C=O) groups is 1. The quantitative estimate of drug-likeness (QED) is 0.466. The average Bonchev–Trinajstić information content (AvgIpc) is 3.56. The Morgan fingerprint density at radius 3 is 2.24 bits per heavy atom. The molecular formula is C24H26ClF6N5O. The Bertz CT molecular complexity index is 1210. The van der Waals surface area contributed by atoms with E-state index in [-0.39, 0.29) is 44.9 Å². The summed E-state index contributed by atoms with van der Waals surface area (Å²) in [7, 11) is 0. The van der Waals surface area contributed by atoms with E-state index >= 15 is 0 Å². The van der Waals surface area contributed by atoms with Crippen molar-refractivity contribution in [1.82, 2.24) is 24.6 Å². The molecule has 6 nitrogen and oxygen atoms in total. The van der Waals surface area contributed by atoms with E-state index in [1.54, 1.807) is 22.8 Å². The number of fused-ring (bicyclic) bond motifs is 3. The van der Waals surface area contributed by atoms with Gasteiger partial charge in [-0.1, -0.05) is 11.6 Å². The minimum Gasteiger partial charge on any atom is -0.342 e. The highest BCUT2D eigenvalue weighted by molar-refractivity contribution is 6.30. The van der Waals surface area contributed by atoms with Gasteiger partial charge in [-0.15, -0.1) is 10.2 Å². The molecule has 1 aromatic heterocycles. The van der Waals surface area contributed by atoms with E-state index in [4.69, 9.17) is 11.6 Å². The van der Waals surface area contributed by atoms with Crippen LogP contribution in [-0.2, 0) is 17.9 Å². The van der Waals surface area contributed by atoms with Crippen LogP contribution < -0.4 is 0 Å². The second-order valence-corrected chi connectivity index (χ2v) is 11.1. The van der Waals surface area contributed by atoms with Crippen LogP contribution in [0.1, 0.15) is 62.7 Å². The predicted molar refractivity (Wildman–Crippen MR) is 122 cm³/mol. The fourth-order valence-electron chi connectivity index (χ4n) is 5.25. The largest absolute Gasteiger partial charge is 0.406 e. The summed E-state index contributed by atoms with van der Waals surface area (Å²) in [6.07, 6.45) is -8.68. The third-order valence-electron chi connectivity index (χ3n) is 8.06. The lowest BCUT2D eigenvalue weighted by molar-refractivity contribution is -0.224. The van der Waals surface area contributed by atoms with E-state index in [2.05, 4.69) is 10.2 Å². The summed E-state index contributed by atoms with van der Waals surface area (Å²) >= 11 is 6.19. The van der Waals surface area contributed by atoms with Gasteiger partial charge in [-0.05, 0) is 63.3 Å². The summed E-state index contributed by atoms with van der Waals surface area (Å²) in [6.45, 7) is 2.39. The summed E-state index contributed by atoms with van der Waals surface area (Å²) in [5.74, 6) is -0.240. The number of amides is 1. The van der Waals surface area contributed by atoms with E-state index in [9.17, 15) is 31.1 Å². The molecule has 3 heterocycles. The number of alkyl halides is 6. The molecule has 202 valence electrons. The standard InChI is InChI=1S/C24H26ClF6N5O/c1-21(2,23(26,27)28)35-12-15-11-16(25)3-4-17(15)36-18(13-35)32-33-19(36)14-5-9-34(10-6-14)20(37)22(7-8-22)24(29,30)31/h3-4,11,14H,5-10,12-13H2,1-2H3. The molecule has 1 aromatic carbocycles. The van der Waals surface area contributed by atoms with Gasteiger partial charge in [-0.2, -0.15) is 26.3 Å². The van der Waals surface area contributed by atoms with Gasteiger partial charge in [0, 0.05) is 30.6 Å². The summed E-state index contributed by atoms with van der Waals surface area (Å²) in [4.78, 5) is 15.2. The van der Waals surface area contributed by atoms with Crippen LogP contribution in [0.25, 0.3) is 5.69 Å². The van der Waals surface area contributed by atoms with Crippen LogP contribution in [-0.4, -0.2) is 61.5 Å². The molecule has 0 atom stereocenters. The number of hydrogen-bond acceptors (Lipinski definition) is 4. The van der Waals surface area contributed by atoms with Crippen LogP contribution in [0.15, 0.2) is 18.2 Å². The van der Waals surface area contributed by atoms with Gasteiger partial charge in [0.2, 0.25) is 5.91 Å². The number of rotatable bonds is 3. The molecule has 1 aliphatic carbocycles. The number of aromatic nitrogens is 3. The monoisotopic (exact) mass is 549 g/mol. The topological polar surface area (TPSA) is 54.3 Å². The second-order valence-electron chi connectivity index (χ2n) is 10.6. The van der Waals surface area contributed by atoms with Gasteiger partial charge >= 0.3 is 12.4 Å². The molecule has 2 aromatic rings. The predicted octanol–water partition coefficient (Wildman–Crippen LogP) is 5.63. The molecule has 0 bridgehead atoms. The van der Waals surface area contributed by atoms with Crippen LogP contribution in [0, 0.1) is 5.41 Å². The average molecular weight is 550 g/mol. The highest BCUT2D eigenvalue weighted by atomic mass is 35.5. The summed E-state index contributed by atoms with van der Waals surface area (Å²) in [5, 5.41) is 8.94. The Morgan fingerprint density at radius 1 is 1.03 bits per heavy atom. The zero-order valence-electron chi connectivity index (χ0n) is 20.3. The number of piperidine rings is 1. The van der Waals surface area contributed by atoms with Crippen molar-refractivity contribution in [3.05, 3.63) is 40.4 Å². The van der Waals surface area contributed by atoms with Crippen LogP contribution in [0.5, 0.6) is 0 Å². The first-order valence-corrected chi connectivity index (χ1v) is 12.4. The van der Waals surface area contributed by atoms with Crippen LogP contribution in [0.4, 0.5) is 26.3 Å². The first-order valence-electron chi connectivity index (χ1n) is 12.1. The lowest BCUT2D eigenvalue weighted by atomic mass is 9.93. The zero-order valence-corrected chi connectivity index (χ0v) is 21.0. The van der Waals surface area contributed by atoms with Crippen molar-refractivity contribution in [2.75, 3.05) is 13.1 Å². The molecule has 0 radical (unpaired) electrons. The molecule has 0 spiro atoms. The number of benzene rings is 1. The Morgan fingerprint density at radius 2 is 1.68 bits per heavy atom. The third kappa shape index (κ3) is 4.29. The maximum Gasteiger partial charge on any atom is 0.406 e. The Balaban J connectivity index is 1.44. The van der Waals surface area contributed by atoms with Crippen molar-refractivity contribution < 1.29 is 31.1 Å². The molecular weight excluding hydrogens is 524 g/mol. The molecule has 0 unspecified atom stereocenters. The minimum absolute atomic E-state index is 0.0162. The summed E-state index contributed by atoms with van der Waals surface area (Å²) < 4.78 is 83.8. The van der Waals surface area contributed by atoms with Gasteiger partial charge in [0.25, 0.3) is 0 Å². The molecule has 1 saturated heterocycles. The smallest absolute Gasteiger partial charge is 0.342 e. The molecule has 37 heavy (non-hydrogen) atoms. The normalized spacial score (nSPS) is 20.8. The van der Waals surface area contributed by atoms with Crippen molar-refractivity contribution in [3.63, 3.8) is 0 Å². The van der Waals surface area contributed by atoms with Gasteiger partial charge in [0.05, 0.1) is 12.2 Å². The van der Waals surface area contributed by atoms with Crippen molar-refractivity contribution in [1.29, 1.82) is 0 Å². The van der Waals surface area contributed by atoms with Crippen molar-refractivity contribution in [2.45, 2.75) is 76.4 Å². The van der Waals surface area contributed by atoms with Crippen LogP contribution in [0.3, 0.4) is 0 Å². The fourth-order valence-corrected chi connectivity index (χ4v) is 5.45. The first-order chi connectivity index (χ1) is 17.2. The van der Waals surface area contributed by atoms with Gasteiger partial charge < -0.3 is 4.90 Å². The second kappa shape index (κ2) is 8.59. The molecule has 1 saturated carbocycles. The molecule has 0 N–H and O–H groups in total. The van der Waals surface area contributed by atoms with Gasteiger partial charge in [0.15, 0.2) is 5.82 Å². The fraction of sp³-hybridized carbons (Fsp3) is 0.625. The number of hydrogen-bond donors (Lipinski definition) is 0. The lowest BCUT2D eigenvalue weighted by Gasteiger charge is -2.38. The number of carbonyl (C=O) groups excluding carboxylic acids is 1. The highest BCUT2D eigenvalue weighted by Crippen LogP contribution is 2.59. The van der Waals surface area contributed by atoms with E-state index in [1.807, 2.05) is 0 Å². The van der Waals surface area contributed by atoms with Gasteiger partial charge in [-0.25, -0.2) is 0 Å². The van der Waals surface area contributed by atoms with Crippen molar-refractivity contribution >= 4 is 17.5 Å².